The fourth-order valence-corrected chi connectivity index (χ4v) is 4.27. The number of hydrogen-bond donors (Lipinski definition) is 3. The van der Waals surface area contributed by atoms with Gasteiger partial charge in [-0.25, -0.2) is 0 Å². The van der Waals surface area contributed by atoms with Crippen LogP contribution in [0.2, 0.25) is 0 Å². The van der Waals surface area contributed by atoms with Crippen molar-refractivity contribution < 1.29 is 0 Å². The van der Waals surface area contributed by atoms with Crippen molar-refractivity contribution >= 4 is 0 Å². The van der Waals surface area contributed by atoms with Crippen LogP contribution in [0.25, 0.3) is 0 Å². The van der Waals surface area contributed by atoms with Gasteiger partial charge in [0.05, 0.1) is 0 Å². The van der Waals surface area contributed by atoms with Crippen LogP contribution < -0.4 is 17.2 Å². The second kappa shape index (κ2) is 4.87. The van der Waals surface area contributed by atoms with E-state index < -0.39 is 0 Å². The summed E-state index contributed by atoms with van der Waals surface area (Å²) in [5.74, 6) is 0. The fourth-order valence-electron chi connectivity index (χ4n) is 4.27. The van der Waals surface area contributed by atoms with E-state index in [1.54, 1.807) is 0 Å². The first-order chi connectivity index (χ1) is 8.04. The molecule has 2 aliphatic rings. The van der Waals surface area contributed by atoms with Gasteiger partial charge in [-0.15, -0.1) is 0 Å². The molecule has 3 atom stereocenters. The molecule has 0 saturated heterocycles. The average molecular weight is 239 g/mol. The lowest BCUT2D eigenvalue weighted by Gasteiger charge is -2.56. The summed E-state index contributed by atoms with van der Waals surface area (Å²) in [4.78, 5) is 0. The molecule has 6 N–H and O–H groups in total. The van der Waals surface area contributed by atoms with Crippen LogP contribution in [-0.2, 0) is 0 Å². The molecule has 17 heavy (non-hydrogen) atoms. The van der Waals surface area contributed by atoms with Gasteiger partial charge in [0.2, 0.25) is 0 Å². The molecule has 100 valence electrons. The standard InChI is InChI=1S/C14H29N3/c1-13(8-5-11(16)9-12(13)17)14(10-15)6-3-2-4-7-14/h11-12H,2-10,15-17H2,1H3. The summed E-state index contributed by atoms with van der Waals surface area (Å²) in [6, 6.07) is 0.532. The Hall–Kier alpha value is -0.120. The van der Waals surface area contributed by atoms with Crippen LogP contribution in [0.4, 0.5) is 0 Å². The minimum Gasteiger partial charge on any atom is -0.330 e. The van der Waals surface area contributed by atoms with Gasteiger partial charge in [-0.3, -0.25) is 0 Å². The zero-order valence-corrected chi connectivity index (χ0v) is 11.3. The van der Waals surface area contributed by atoms with E-state index in [1.807, 2.05) is 0 Å². The lowest BCUT2D eigenvalue weighted by molar-refractivity contribution is -0.0313. The van der Waals surface area contributed by atoms with Gasteiger partial charge in [0.15, 0.2) is 0 Å². The molecule has 2 aliphatic carbocycles. The molecule has 0 bridgehead atoms. The largest absolute Gasteiger partial charge is 0.330 e. The van der Waals surface area contributed by atoms with Gasteiger partial charge >= 0.3 is 0 Å². The molecule has 3 heteroatoms. The van der Waals surface area contributed by atoms with Crippen LogP contribution in [0.1, 0.15) is 58.3 Å². The highest BCUT2D eigenvalue weighted by molar-refractivity contribution is 5.06. The highest BCUT2D eigenvalue weighted by atomic mass is 14.8. The average Bonchev–Trinajstić information content (AvgIpc) is 2.35. The van der Waals surface area contributed by atoms with Crippen molar-refractivity contribution in [2.24, 2.45) is 28.0 Å². The van der Waals surface area contributed by atoms with Gasteiger partial charge < -0.3 is 17.2 Å². The first-order valence-electron chi connectivity index (χ1n) is 7.25. The van der Waals surface area contributed by atoms with Crippen LogP contribution in [0, 0.1) is 10.8 Å². The van der Waals surface area contributed by atoms with Crippen molar-refractivity contribution in [1.82, 2.24) is 0 Å². The molecular formula is C14H29N3. The van der Waals surface area contributed by atoms with Gasteiger partial charge in [0, 0.05) is 12.1 Å². The fraction of sp³-hybridized carbons (Fsp3) is 1.00. The number of rotatable bonds is 2. The summed E-state index contributed by atoms with van der Waals surface area (Å²) >= 11 is 0. The molecule has 2 saturated carbocycles. The topological polar surface area (TPSA) is 78.1 Å². The van der Waals surface area contributed by atoms with Crippen molar-refractivity contribution in [1.29, 1.82) is 0 Å². The summed E-state index contributed by atoms with van der Waals surface area (Å²) in [5, 5.41) is 0. The lowest BCUT2D eigenvalue weighted by atomic mass is 9.51. The van der Waals surface area contributed by atoms with E-state index in [4.69, 9.17) is 17.2 Å². The van der Waals surface area contributed by atoms with Gasteiger partial charge in [0.25, 0.3) is 0 Å². The van der Waals surface area contributed by atoms with Gasteiger partial charge in [0.1, 0.15) is 0 Å². The summed E-state index contributed by atoms with van der Waals surface area (Å²) in [6.45, 7) is 3.17. The van der Waals surface area contributed by atoms with Gasteiger partial charge in [-0.05, 0) is 49.5 Å². The molecule has 0 aromatic rings. The molecule has 3 nitrogen and oxygen atoms in total. The maximum absolute atomic E-state index is 6.46. The highest BCUT2D eigenvalue weighted by Crippen LogP contribution is 2.55. The third-order valence-electron chi connectivity index (χ3n) is 5.82. The van der Waals surface area contributed by atoms with Crippen LogP contribution in [0.15, 0.2) is 0 Å². The second-order valence-corrected chi connectivity index (χ2v) is 6.60. The summed E-state index contributed by atoms with van der Waals surface area (Å²) in [5.41, 5.74) is 19.2. The molecule has 0 spiro atoms. The molecule has 2 rings (SSSR count). The Kier molecular flexibility index (Phi) is 3.81. The normalized spacial score (nSPS) is 42.4. The van der Waals surface area contributed by atoms with Gasteiger partial charge in [-0.1, -0.05) is 26.2 Å². The Balaban J connectivity index is 2.22. The first kappa shape index (κ1) is 13.3. The zero-order valence-electron chi connectivity index (χ0n) is 11.3. The smallest absolute Gasteiger partial charge is 0.0113 e. The quantitative estimate of drug-likeness (QED) is 0.687. The molecule has 0 heterocycles. The van der Waals surface area contributed by atoms with Crippen LogP contribution >= 0.6 is 0 Å². The Morgan fingerprint density at radius 3 is 2.24 bits per heavy atom. The predicted octanol–water partition coefficient (Wildman–Crippen LogP) is 1.74. The van der Waals surface area contributed by atoms with E-state index in [1.165, 1.54) is 32.1 Å². The SMILES string of the molecule is CC1(C2(CN)CCCCC2)CCC(N)CC1N. The minimum absolute atomic E-state index is 0.206. The van der Waals surface area contributed by atoms with Crippen LogP contribution in [-0.4, -0.2) is 18.6 Å². The second-order valence-electron chi connectivity index (χ2n) is 6.60. The summed E-state index contributed by atoms with van der Waals surface area (Å²) < 4.78 is 0. The monoisotopic (exact) mass is 239 g/mol. The highest BCUT2D eigenvalue weighted by Gasteiger charge is 2.52. The Labute approximate surface area is 105 Å². The molecule has 2 fully saturated rings. The predicted molar refractivity (Wildman–Crippen MR) is 72.5 cm³/mol. The summed E-state index contributed by atoms with van der Waals surface area (Å²) in [7, 11) is 0. The molecule has 0 aliphatic heterocycles. The maximum atomic E-state index is 6.46. The minimum atomic E-state index is 0.206. The van der Waals surface area contributed by atoms with E-state index in [9.17, 15) is 0 Å². The van der Waals surface area contributed by atoms with Crippen molar-refractivity contribution in [2.75, 3.05) is 6.54 Å². The molecule has 0 radical (unpaired) electrons. The maximum Gasteiger partial charge on any atom is 0.0113 e. The van der Waals surface area contributed by atoms with Crippen LogP contribution in [0.3, 0.4) is 0 Å². The van der Waals surface area contributed by atoms with Gasteiger partial charge in [-0.2, -0.15) is 0 Å². The van der Waals surface area contributed by atoms with Crippen molar-refractivity contribution in [2.45, 2.75) is 70.4 Å². The molecule has 3 unspecified atom stereocenters. The summed E-state index contributed by atoms with van der Waals surface area (Å²) in [6.07, 6.45) is 9.80. The van der Waals surface area contributed by atoms with E-state index >= 15 is 0 Å². The van der Waals surface area contributed by atoms with E-state index in [2.05, 4.69) is 6.92 Å². The number of nitrogens with two attached hydrogens (primary N) is 3. The molecular weight excluding hydrogens is 210 g/mol. The Bertz CT molecular complexity index is 260. The Morgan fingerprint density at radius 2 is 1.71 bits per heavy atom. The zero-order chi connectivity index (χ0) is 12.5. The lowest BCUT2D eigenvalue weighted by Crippen LogP contribution is -2.59. The molecule has 0 aromatic carbocycles. The third kappa shape index (κ3) is 2.13. The Morgan fingerprint density at radius 1 is 1.06 bits per heavy atom. The first-order valence-corrected chi connectivity index (χ1v) is 7.25. The number of hydrogen-bond acceptors (Lipinski definition) is 3. The van der Waals surface area contributed by atoms with E-state index in [-0.39, 0.29) is 16.9 Å². The van der Waals surface area contributed by atoms with Crippen molar-refractivity contribution in [3.8, 4) is 0 Å². The van der Waals surface area contributed by atoms with Crippen molar-refractivity contribution in [3.63, 3.8) is 0 Å². The van der Waals surface area contributed by atoms with Crippen molar-refractivity contribution in [3.05, 3.63) is 0 Å². The van der Waals surface area contributed by atoms with E-state index in [0.29, 0.717) is 6.04 Å². The van der Waals surface area contributed by atoms with Crippen LogP contribution in [0.5, 0.6) is 0 Å². The molecule has 0 amide bonds. The van der Waals surface area contributed by atoms with E-state index in [0.717, 1.165) is 25.8 Å². The third-order valence-corrected chi connectivity index (χ3v) is 5.82. The molecule has 0 aromatic heterocycles.